The summed E-state index contributed by atoms with van der Waals surface area (Å²) in [5.41, 5.74) is 1.17. The molecule has 0 aromatic heterocycles. The van der Waals surface area contributed by atoms with E-state index in [1.165, 1.54) is 0 Å². The standard InChI is InChI=1S/C17H26N2O3/c1-4-5-12-19(2)17(21)15-9-7-14(8-10-15)16(20)18-11-6-13-22-3/h7-10H,4-6,11-13H2,1-3H3,(H,18,20). The van der Waals surface area contributed by atoms with Crippen LogP contribution in [0, 0.1) is 0 Å². The van der Waals surface area contributed by atoms with E-state index in [4.69, 9.17) is 4.74 Å². The molecule has 0 atom stereocenters. The molecule has 0 fully saturated rings. The molecule has 0 aliphatic rings. The lowest BCUT2D eigenvalue weighted by Gasteiger charge is -2.16. The Morgan fingerprint density at radius 1 is 1.14 bits per heavy atom. The third-order valence-corrected chi connectivity index (χ3v) is 3.40. The molecule has 0 unspecified atom stereocenters. The maximum absolute atomic E-state index is 12.2. The quantitative estimate of drug-likeness (QED) is 0.712. The number of carbonyl (C=O) groups is 2. The maximum Gasteiger partial charge on any atom is 0.253 e. The number of nitrogens with one attached hydrogen (secondary N) is 1. The van der Waals surface area contributed by atoms with Gasteiger partial charge in [0.15, 0.2) is 0 Å². The van der Waals surface area contributed by atoms with Crippen molar-refractivity contribution in [2.75, 3.05) is 33.9 Å². The third kappa shape index (κ3) is 5.85. The van der Waals surface area contributed by atoms with Gasteiger partial charge in [-0.25, -0.2) is 0 Å². The zero-order chi connectivity index (χ0) is 16.4. The average Bonchev–Trinajstić information content (AvgIpc) is 2.55. The number of carbonyl (C=O) groups excluding carboxylic acids is 2. The van der Waals surface area contributed by atoms with Crippen LogP contribution in [0.15, 0.2) is 24.3 Å². The van der Waals surface area contributed by atoms with Gasteiger partial charge in [0.1, 0.15) is 0 Å². The Morgan fingerprint density at radius 3 is 2.36 bits per heavy atom. The van der Waals surface area contributed by atoms with E-state index in [2.05, 4.69) is 12.2 Å². The summed E-state index contributed by atoms with van der Waals surface area (Å²) in [7, 11) is 3.43. The van der Waals surface area contributed by atoms with Crippen LogP contribution in [0.2, 0.25) is 0 Å². The van der Waals surface area contributed by atoms with E-state index in [-0.39, 0.29) is 11.8 Å². The van der Waals surface area contributed by atoms with Gasteiger partial charge in [0.2, 0.25) is 0 Å². The second kappa shape index (κ2) is 9.95. The molecule has 0 aliphatic carbocycles. The SMILES string of the molecule is CCCCN(C)C(=O)c1ccc(C(=O)NCCCOC)cc1. The molecule has 0 saturated heterocycles. The summed E-state index contributed by atoms with van der Waals surface area (Å²) in [6, 6.07) is 6.78. The Labute approximate surface area is 132 Å². The topological polar surface area (TPSA) is 58.6 Å². The van der Waals surface area contributed by atoms with Gasteiger partial charge in [0, 0.05) is 45.0 Å². The van der Waals surface area contributed by atoms with E-state index in [0.717, 1.165) is 25.8 Å². The summed E-state index contributed by atoms with van der Waals surface area (Å²) in [4.78, 5) is 25.8. The van der Waals surface area contributed by atoms with Gasteiger partial charge in [-0.2, -0.15) is 0 Å². The molecule has 22 heavy (non-hydrogen) atoms. The van der Waals surface area contributed by atoms with Gasteiger partial charge in [-0.05, 0) is 37.1 Å². The molecule has 1 rings (SSSR count). The summed E-state index contributed by atoms with van der Waals surface area (Å²) in [6.07, 6.45) is 2.82. The van der Waals surface area contributed by atoms with Crippen LogP contribution in [0.3, 0.4) is 0 Å². The largest absolute Gasteiger partial charge is 0.385 e. The van der Waals surface area contributed by atoms with Gasteiger partial charge < -0.3 is 15.0 Å². The van der Waals surface area contributed by atoms with Crippen LogP contribution < -0.4 is 5.32 Å². The molecule has 1 aromatic carbocycles. The number of hydrogen-bond acceptors (Lipinski definition) is 3. The van der Waals surface area contributed by atoms with Crippen molar-refractivity contribution in [3.8, 4) is 0 Å². The first-order valence-corrected chi connectivity index (χ1v) is 7.72. The molecule has 1 aromatic rings. The van der Waals surface area contributed by atoms with E-state index in [1.54, 1.807) is 43.3 Å². The fourth-order valence-electron chi connectivity index (χ4n) is 2.00. The Kier molecular flexibility index (Phi) is 8.22. The second-order valence-corrected chi connectivity index (χ2v) is 5.26. The summed E-state index contributed by atoms with van der Waals surface area (Å²) in [5, 5.41) is 2.82. The van der Waals surface area contributed by atoms with Crippen molar-refractivity contribution < 1.29 is 14.3 Å². The fourth-order valence-corrected chi connectivity index (χ4v) is 2.00. The summed E-state index contributed by atoms with van der Waals surface area (Å²) in [5.74, 6) is -0.144. The van der Waals surface area contributed by atoms with Crippen LogP contribution in [-0.2, 0) is 4.74 Å². The van der Waals surface area contributed by atoms with E-state index in [9.17, 15) is 9.59 Å². The van der Waals surface area contributed by atoms with Crippen LogP contribution >= 0.6 is 0 Å². The van der Waals surface area contributed by atoms with Crippen molar-refractivity contribution in [3.05, 3.63) is 35.4 Å². The van der Waals surface area contributed by atoms with Crippen LogP contribution in [0.25, 0.3) is 0 Å². The zero-order valence-electron chi connectivity index (χ0n) is 13.7. The Morgan fingerprint density at radius 2 is 1.77 bits per heavy atom. The molecule has 5 heteroatoms. The number of benzene rings is 1. The molecule has 0 bridgehead atoms. The highest BCUT2D eigenvalue weighted by Gasteiger charge is 2.12. The lowest BCUT2D eigenvalue weighted by atomic mass is 10.1. The normalized spacial score (nSPS) is 10.3. The highest BCUT2D eigenvalue weighted by atomic mass is 16.5. The predicted octanol–water partition coefficient (Wildman–Crippen LogP) is 2.33. The minimum atomic E-state index is -0.130. The maximum atomic E-state index is 12.2. The minimum absolute atomic E-state index is 0.0134. The molecule has 2 amide bonds. The molecule has 0 radical (unpaired) electrons. The van der Waals surface area contributed by atoms with Gasteiger partial charge in [-0.3, -0.25) is 9.59 Å². The highest BCUT2D eigenvalue weighted by Crippen LogP contribution is 2.08. The van der Waals surface area contributed by atoms with Gasteiger partial charge in [0.05, 0.1) is 0 Å². The van der Waals surface area contributed by atoms with E-state index < -0.39 is 0 Å². The van der Waals surface area contributed by atoms with Gasteiger partial charge >= 0.3 is 0 Å². The predicted molar refractivity (Wildman–Crippen MR) is 87.1 cm³/mol. The smallest absolute Gasteiger partial charge is 0.253 e. The molecule has 1 N–H and O–H groups in total. The van der Waals surface area contributed by atoms with Crippen LogP contribution in [0.1, 0.15) is 46.9 Å². The van der Waals surface area contributed by atoms with Gasteiger partial charge in [-0.1, -0.05) is 13.3 Å². The molecule has 5 nitrogen and oxygen atoms in total. The highest BCUT2D eigenvalue weighted by molar-refractivity contribution is 5.97. The van der Waals surface area contributed by atoms with Crippen molar-refractivity contribution in [2.24, 2.45) is 0 Å². The first kappa shape index (κ1) is 18.2. The number of hydrogen-bond donors (Lipinski definition) is 1. The lowest BCUT2D eigenvalue weighted by molar-refractivity contribution is 0.0792. The number of unbranched alkanes of at least 4 members (excludes halogenated alkanes) is 1. The zero-order valence-corrected chi connectivity index (χ0v) is 13.7. The minimum Gasteiger partial charge on any atom is -0.385 e. The fraction of sp³-hybridized carbons (Fsp3) is 0.529. The van der Waals surface area contributed by atoms with Crippen molar-refractivity contribution in [3.63, 3.8) is 0 Å². The molecule has 0 saturated carbocycles. The summed E-state index contributed by atoms with van der Waals surface area (Å²) < 4.78 is 4.93. The molecular formula is C17H26N2O3. The number of methoxy groups -OCH3 is 1. The molecule has 0 heterocycles. The first-order valence-electron chi connectivity index (χ1n) is 7.72. The van der Waals surface area contributed by atoms with Crippen LogP contribution in [0.5, 0.6) is 0 Å². The number of rotatable bonds is 9. The molecule has 0 aliphatic heterocycles. The monoisotopic (exact) mass is 306 g/mol. The molecule has 0 spiro atoms. The van der Waals surface area contributed by atoms with Gasteiger partial charge in [0.25, 0.3) is 11.8 Å². The van der Waals surface area contributed by atoms with Crippen molar-refractivity contribution in [1.29, 1.82) is 0 Å². The van der Waals surface area contributed by atoms with Gasteiger partial charge in [-0.15, -0.1) is 0 Å². The van der Waals surface area contributed by atoms with Crippen LogP contribution in [0.4, 0.5) is 0 Å². The molecular weight excluding hydrogens is 280 g/mol. The second-order valence-electron chi connectivity index (χ2n) is 5.26. The first-order chi connectivity index (χ1) is 10.6. The Hall–Kier alpha value is -1.88. The lowest BCUT2D eigenvalue weighted by Crippen LogP contribution is -2.28. The number of nitrogens with zero attached hydrogens (tertiary/aromatic N) is 1. The average molecular weight is 306 g/mol. The van der Waals surface area contributed by atoms with Crippen LogP contribution in [-0.4, -0.2) is 50.6 Å². The Balaban J connectivity index is 2.54. The van der Waals surface area contributed by atoms with Crippen molar-refractivity contribution >= 4 is 11.8 Å². The Bertz CT molecular complexity index is 471. The third-order valence-electron chi connectivity index (χ3n) is 3.40. The summed E-state index contributed by atoms with van der Waals surface area (Å²) in [6.45, 7) is 4.04. The van der Waals surface area contributed by atoms with E-state index in [1.807, 2.05) is 0 Å². The van der Waals surface area contributed by atoms with Crippen molar-refractivity contribution in [1.82, 2.24) is 10.2 Å². The van der Waals surface area contributed by atoms with E-state index in [0.29, 0.717) is 24.3 Å². The van der Waals surface area contributed by atoms with E-state index >= 15 is 0 Å². The number of ether oxygens (including phenoxy) is 1. The number of amides is 2. The summed E-state index contributed by atoms with van der Waals surface area (Å²) >= 11 is 0. The van der Waals surface area contributed by atoms with Crippen molar-refractivity contribution in [2.45, 2.75) is 26.2 Å². The molecule has 122 valence electrons.